The Hall–Kier alpha value is -1.61. The quantitative estimate of drug-likeness (QED) is 0.637. The fraction of sp³-hybridized carbons (Fsp3) is 0.154. The number of nitrogens with two attached hydrogens (primary N) is 1. The zero-order chi connectivity index (χ0) is 11.7. The molecule has 0 radical (unpaired) electrons. The lowest BCUT2D eigenvalue weighted by Crippen LogP contribution is -2.01. The Morgan fingerprint density at radius 3 is 2.50 bits per heavy atom. The molecule has 1 aromatic heterocycles. The molecule has 0 spiro atoms. The number of anilines is 1. The fourth-order valence-corrected chi connectivity index (χ4v) is 2.23. The molecule has 16 heavy (non-hydrogen) atoms. The van der Waals surface area contributed by atoms with Crippen molar-refractivity contribution in [1.29, 1.82) is 0 Å². The zero-order valence-corrected chi connectivity index (χ0v) is 10.1. The Bertz CT molecular complexity index is 543. The van der Waals surface area contributed by atoms with E-state index in [0.717, 1.165) is 21.7 Å². The van der Waals surface area contributed by atoms with Crippen LogP contribution in [0.5, 0.6) is 0 Å². The van der Waals surface area contributed by atoms with Gasteiger partial charge in [0.1, 0.15) is 0 Å². The van der Waals surface area contributed by atoms with Crippen molar-refractivity contribution in [1.82, 2.24) is 0 Å². The van der Waals surface area contributed by atoms with Crippen LogP contribution in [0.15, 0.2) is 29.6 Å². The molecule has 0 fully saturated rings. The molecule has 0 unspecified atom stereocenters. The number of carbonyl (C=O) groups excluding carboxylic acids is 1. The minimum absolute atomic E-state index is 0.0625. The topological polar surface area (TPSA) is 43.1 Å². The Kier molecular flexibility index (Phi) is 2.79. The van der Waals surface area contributed by atoms with Crippen molar-refractivity contribution in [2.75, 3.05) is 5.73 Å². The Morgan fingerprint density at radius 2 is 1.94 bits per heavy atom. The first-order chi connectivity index (χ1) is 7.58. The highest BCUT2D eigenvalue weighted by Crippen LogP contribution is 2.19. The first kappa shape index (κ1) is 10.9. The van der Waals surface area contributed by atoms with Crippen molar-refractivity contribution in [3.63, 3.8) is 0 Å². The fourth-order valence-electron chi connectivity index (χ4n) is 1.55. The molecule has 0 amide bonds. The van der Waals surface area contributed by atoms with Crippen molar-refractivity contribution < 1.29 is 4.79 Å². The first-order valence-electron chi connectivity index (χ1n) is 5.04. The summed E-state index contributed by atoms with van der Waals surface area (Å²) >= 11 is 1.59. The van der Waals surface area contributed by atoms with Gasteiger partial charge in [0.15, 0.2) is 5.78 Å². The highest BCUT2D eigenvalue weighted by atomic mass is 32.1. The number of hydrogen-bond donors (Lipinski definition) is 1. The summed E-state index contributed by atoms with van der Waals surface area (Å²) in [4.78, 5) is 13.2. The van der Waals surface area contributed by atoms with Crippen LogP contribution in [0, 0.1) is 13.8 Å². The maximum Gasteiger partial charge on any atom is 0.193 e. The van der Waals surface area contributed by atoms with Gasteiger partial charge in [-0.25, -0.2) is 0 Å². The molecular formula is C13H13NOS. The Balaban J connectivity index is 2.38. The molecule has 2 rings (SSSR count). The normalized spacial score (nSPS) is 10.4. The maximum absolute atomic E-state index is 12.1. The molecule has 0 saturated carbocycles. The number of thiophene rings is 1. The van der Waals surface area contributed by atoms with Crippen molar-refractivity contribution in [2.45, 2.75) is 13.8 Å². The van der Waals surface area contributed by atoms with E-state index in [1.165, 1.54) is 0 Å². The van der Waals surface area contributed by atoms with Crippen LogP contribution in [0.2, 0.25) is 0 Å². The van der Waals surface area contributed by atoms with Crippen LogP contribution in [-0.4, -0.2) is 5.78 Å². The van der Waals surface area contributed by atoms with Gasteiger partial charge >= 0.3 is 0 Å². The second kappa shape index (κ2) is 4.10. The van der Waals surface area contributed by atoms with E-state index in [9.17, 15) is 4.79 Å². The molecule has 1 aromatic carbocycles. The average molecular weight is 231 g/mol. The van der Waals surface area contributed by atoms with Crippen LogP contribution in [-0.2, 0) is 0 Å². The predicted molar refractivity (Wildman–Crippen MR) is 68.1 cm³/mol. The van der Waals surface area contributed by atoms with Gasteiger partial charge in [-0.2, -0.15) is 0 Å². The molecule has 0 atom stereocenters. The Labute approximate surface area is 98.7 Å². The number of hydrogen-bond acceptors (Lipinski definition) is 3. The van der Waals surface area contributed by atoms with Crippen LogP contribution in [0.25, 0.3) is 0 Å². The van der Waals surface area contributed by atoms with Crippen LogP contribution in [0.3, 0.4) is 0 Å². The van der Waals surface area contributed by atoms with Gasteiger partial charge in [-0.3, -0.25) is 4.79 Å². The summed E-state index contributed by atoms with van der Waals surface area (Å²) in [7, 11) is 0. The van der Waals surface area contributed by atoms with Gasteiger partial charge in [-0.1, -0.05) is 0 Å². The molecule has 0 aliphatic carbocycles. The summed E-state index contributed by atoms with van der Waals surface area (Å²) in [6.07, 6.45) is 0. The summed E-state index contributed by atoms with van der Waals surface area (Å²) in [5.41, 5.74) is 8.84. The van der Waals surface area contributed by atoms with E-state index >= 15 is 0 Å². The smallest absolute Gasteiger partial charge is 0.193 e. The zero-order valence-electron chi connectivity index (χ0n) is 9.28. The van der Waals surface area contributed by atoms with Crippen LogP contribution < -0.4 is 5.73 Å². The first-order valence-corrected chi connectivity index (χ1v) is 5.92. The highest BCUT2D eigenvalue weighted by molar-refractivity contribution is 7.10. The third-order valence-corrected chi connectivity index (χ3v) is 3.39. The lowest BCUT2D eigenvalue weighted by molar-refractivity contribution is 0.103. The monoisotopic (exact) mass is 231 g/mol. The van der Waals surface area contributed by atoms with E-state index in [2.05, 4.69) is 0 Å². The van der Waals surface area contributed by atoms with Gasteiger partial charge in [0.25, 0.3) is 0 Å². The summed E-state index contributed by atoms with van der Waals surface area (Å²) in [6.45, 7) is 3.90. The number of nitrogen functional groups attached to an aromatic ring is 1. The van der Waals surface area contributed by atoms with Crippen molar-refractivity contribution >= 4 is 22.8 Å². The van der Waals surface area contributed by atoms with E-state index in [4.69, 9.17) is 5.73 Å². The molecule has 2 aromatic rings. The molecule has 0 saturated heterocycles. The second-order valence-corrected chi connectivity index (χ2v) is 4.96. The number of ketones is 1. The molecule has 0 bridgehead atoms. The molecule has 1 heterocycles. The second-order valence-electron chi connectivity index (χ2n) is 3.85. The predicted octanol–water partition coefficient (Wildman–Crippen LogP) is 3.18. The van der Waals surface area contributed by atoms with Crippen molar-refractivity contribution in [3.8, 4) is 0 Å². The lowest BCUT2D eigenvalue weighted by atomic mass is 10.0. The molecule has 3 heteroatoms. The van der Waals surface area contributed by atoms with Crippen LogP contribution >= 0.6 is 11.3 Å². The van der Waals surface area contributed by atoms with E-state index in [0.29, 0.717) is 5.56 Å². The third kappa shape index (κ3) is 1.99. The standard InChI is InChI=1S/C13H13NOS/c1-8-5-10(3-4-12(8)14)13(15)11-6-9(2)16-7-11/h3-7H,14H2,1-2H3. The minimum Gasteiger partial charge on any atom is -0.399 e. The number of benzene rings is 1. The van der Waals surface area contributed by atoms with Gasteiger partial charge in [-0.15, -0.1) is 11.3 Å². The number of rotatable bonds is 2. The molecule has 2 nitrogen and oxygen atoms in total. The van der Waals surface area contributed by atoms with Gasteiger partial charge in [0.2, 0.25) is 0 Å². The van der Waals surface area contributed by atoms with Gasteiger partial charge in [-0.05, 0) is 43.7 Å². The third-order valence-electron chi connectivity index (χ3n) is 2.52. The van der Waals surface area contributed by atoms with Gasteiger partial charge < -0.3 is 5.73 Å². The average Bonchev–Trinajstić information content (AvgIpc) is 2.68. The van der Waals surface area contributed by atoms with Crippen molar-refractivity contribution in [2.24, 2.45) is 0 Å². The molecule has 0 aliphatic rings. The minimum atomic E-state index is 0.0625. The lowest BCUT2D eigenvalue weighted by Gasteiger charge is -2.03. The largest absolute Gasteiger partial charge is 0.399 e. The summed E-state index contributed by atoms with van der Waals surface area (Å²) in [5.74, 6) is 0.0625. The van der Waals surface area contributed by atoms with E-state index in [-0.39, 0.29) is 5.78 Å². The van der Waals surface area contributed by atoms with Crippen LogP contribution in [0.4, 0.5) is 5.69 Å². The number of aryl methyl sites for hydroxylation is 2. The van der Waals surface area contributed by atoms with E-state index in [1.54, 1.807) is 23.5 Å². The molecule has 2 N–H and O–H groups in total. The number of carbonyl (C=O) groups is 1. The van der Waals surface area contributed by atoms with Gasteiger partial charge in [0, 0.05) is 27.1 Å². The van der Waals surface area contributed by atoms with Gasteiger partial charge in [0.05, 0.1) is 0 Å². The van der Waals surface area contributed by atoms with Crippen LogP contribution in [0.1, 0.15) is 26.4 Å². The Morgan fingerprint density at radius 1 is 1.19 bits per heavy atom. The highest BCUT2D eigenvalue weighted by Gasteiger charge is 2.11. The summed E-state index contributed by atoms with van der Waals surface area (Å²) in [5, 5.41) is 1.89. The summed E-state index contributed by atoms with van der Waals surface area (Å²) in [6, 6.07) is 7.31. The maximum atomic E-state index is 12.1. The molecule has 0 aliphatic heterocycles. The van der Waals surface area contributed by atoms with Crippen molar-refractivity contribution in [3.05, 3.63) is 51.2 Å². The van der Waals surface area contributed by atoms with E-state index < -0.39 is 0 Å². The molecular weight excluding hydrogens is 218 g/mol. The SMILES string of the molecule is Cc1cc(C(=O)c2ccc(N)c(C)c2)cs1. The van der Waals surface area contributed by atoms with E-state index in [1.807, 2.05) is 31.4 Å². The molecule has 82 valence electrons. The summed E-state index contributed by atoms with van der Waals surface area (Å²) < 4.78 is 0.